The van der Waals surface area contributed by atoms with Gasteiger partial charge in [0.15, 0.2) is 0 Å². The van der Waals surface area contributed by atoms with Gasteiger partial charge in [-0.3, -0.25) is 10.1 Å². The average Bonchev–Trinajstić information content (AvgIpc) is 2.47. The molecule has 0 unspecified atom stereocenters. The van der Waals surface area contributed by atoms with E-state index in [0.717, 1.165) is 0 Å². The zero-order valence-electron chi connectivity index (χ0n) is 11.4. The van der Waals surface area contributed by atoms with E-state index >= 15 is 0 Å². The fourth-order valence-electron chi connectivity index (χ4n) is 1.86. The Labute approximate surface area is 121 Å². The van der Waals surface area contributed by atoms with Gasteiger partial charge in [-0.2, -0.15) is 0 Å². The molecule has 0 aromatic heterocycles. The third kappa shape index (κ3) is 3.56. The van der Waals surface area contributed by atoms with Crippen molar-refractivity contribution in [2.24, 2.45) is 0 Å². The third-order valence-electron chi connectivity index (χ3n) is 2.97. The largest absolute Gasteiger partial charge is 0.450 e. The van der Waals surface area contributed by atoms with E-state index in [-0.39, 0.29) is 18.0 Å². The summed E-state index contributed by atoms with van der Waals surface area (Å²) in [4.78, 5) is 10.6. The standard InChI is InChI=1S/C15H15NO5/c1-10(18)12-5-6-15(14(8-12)16(19)20)21-13-4-2-3-11(7-13)9-17/h2-8,10,17-18H,9H2,1H3/t10-/m1/s1. The quantitative estimate of drug-likeness (QED) is 0.652. The Bertz CT molecular complexity index is 654. The van der Waals surface area contributed by atoms with Crippen LogP contribution < -0.4 is 4.74 Å². The van der Waals surface area contributed by atoms with E-state index in [0.29, 0.717) is 16.9 Å². The zero-order valence-corrected chi connectivity index (χ0v) is 11.4. The molecule has 0 aliphatic carbocycles. The lowest BCUT2D eigenvalue weighted by Gasteiger charge is -2.10. The summed E-state index contributed by atoms with van der Waals surface area (Å²) in [6.45, 7) is 1.39. The molecule has 0 saturated carbocycles. The van der Waals surface area contributed by atoms with Gasteiger partial charge in [0, 0.05) is 6.07 Å². The highest BCUT2D eigenvalue weighted by Crippen LogP contribution is 2.33. The molecule has 1 atom stereocenters. The predicted molar refractivity (Wildman–Crippen MR) is 76.2 cm³/mol. The predicted octanol–water partition coefficient (Wildman–Crippen LogP) is 2.93. The van der Waals surface area contributed by atoms with E-state index in [4.69, 9.17) is 9.84 Å². The molecule has 2 aromatic carbocycles. The molecule has 2 N–H and O–H groups in total. The van der Waals surface area contributed by atoms with Gasteiger partial charge in [-0.25, -0.2) is 0 Å². The number of nitro groups is 1. The highest BCUT2D eigenvalue weighted by molar-refractivity contribution is 5.51. The minimum absolute atomic E-state index is 0.0829. The second-order valence-corrected chi connectivity index (χ2v) is 4.57. The second kappa shape index (κ2) is 6.34. The molecule has 0 spiro atoms. The molecule has 0 heterocycles. The summed E-state index contributed by atoms with van der Waals surface area (Å²) in [6, 6.07) is 11.0. The van der Waals surface area contributed by atoms with Crippen molar-refractivity contribution < 1.29 is 19.9 Å². The maximum Gasteiger partial charge on any atom is 0.311 e. The lowest BCUT2D eigenvalue weighted by atomic mass is 10.1. The zero-order chi connectivity index (χ0) is 15.4. The van der Waals surface area contributed by atoms with Crippen LogP contribution in [0.4, 0.5) is 5.69 Å². The van der Waals surface area contributed by atoms with Gasteiger partial charge < -0.3 is 14.9 Å². The van der Waals surface area contributed by atoms with Crippen LogP contribution in [0.15, 0.2) is 42.5 Å². The fraction of sp³-hybridized carbons (Fsp3) is 0.200. The third-order valence-corrected chi connectivity index (χ3v) is 2.97. The van der Waals surface area contributed by atoms with Crippen LogP contribution in [0.1, 0.15) is 24.2 Å². The maximum absolute atomic E-state index is 11.1. The molecule has 6 heteroatoms. The van der Waals surface area contributed by atoms with Crippen molar-refractivity contribution in [3.63, 3.8) is 0 Å². The fourth-order valence-corrected chi connectivity index (χ4v) is 1.86. The Morgan fingerprint density at radius 2 is 2.05 bits per heavy atom. The Hall–Kier alpha value is -2.44. The highest BCUT2D eigenvalue weighted by atomic mass is 16.6. The van der Waals surface area contributed by atoms with E-state index < -0.39 is 11.0 Å². The molecule has 6 nitrogen and oxygen atoms in total. The van der Waals surface area contributed by atoms with Crippen LogP contribution in [0.2, 0.25) is 0 Å². The molecule has 0 bridgehead atoms. The summed E-state index contributed by atoms with van der Waals surface area (Å²) < 4.78 is 5.51. The van der Waals surface area contributed by atoms with Gasteiger partial charge in [0.25, 0.3) is 0 Å². The smallest absolute Gasteiger partial charge is 0.311 e. The van der Waals surface area contributed by atoms with E-state index in [1.165, 1.54) is 19.1 Å². The number of hydrogen-bond donors (Lipinski definition) is 2. The normalized spacial score (nSPS) is 12.0. The van der Waals surface area contributed by atoms with Crippen molar-refractivity contribution in [1.82, 2.24) is 0 Å². The monoisotopic (exact) mass is 289 g/mol. The molecule has 0 aliphatic heterocycles. The van der Waals surface area contributed by atoms with Crippen molar-refractivity contribution >= 4 is 5.69 Å². The Morgan fingerprint density at radius 3 is 2.67 bits per heavy atom. The summed E-state index contributed by atoms with van der Waals surface area (Å²) in [5.74, 6) is 0.480. The molecule has 0 amide bonds. The Balaban J connectivity index is 2.36. The van der Waals surface area contributed by atoms with Crippen LogP contribution >= 0.6 is 0 Å². The summed E-state index contributed by atoms with van der Waals surface area (Å²) in [6.07, 6.45) is -0.796. The minimum atomic E-state index is -0.796. The Morgan fingerprint density at radius 1 is 1.29 bits per heavy atom. The van der Waals surface area contributed by atoms with Crippen molar-refractivity contribution in [2.75, 3.05) is 0 Å². The number of ether oxygens (including phenoxy) is 1. The number of nitro benzene ring substituents is 1. The first-order chi connectivity index (χ1) is 10.0. The number of aliphatic hydroxyl groups is 2. The Kier molecular flexibility index (Phi) is 4.52. The van der Waals surface area contributed by atoms with Crippen molar-refractivity contribution in [1.29, 1.82) is 0 Å². The van der Waals surface area contributed by atoms with E-state index in [1.807, 2.05) is 0 Å². The summed E-state index contributed by atoms with van der Waals surface area (Å²) in [5.41, 5.74) is 0.872. The maximum atomic E-state index is 11.1. The van der Waals surface area contributed by atoms with Gasteiger partial charge in [0.2, 0.25) is 5.75 Å². The summed E-state index contributed by atoms with van der Waals surface area (Å²) in [5, 5.41) is 29.7. The van der Waals surface area contributed by atoms with E-state index in [2.05, 4.69) is 0 Å². The van der Waals surface area contributed by atoms with E-state index in [1.54, 1.807) is 30.3 Å². The molecular weight excluding hydrogens is 274 g/mol. The van der Waals surface area contributed by atoms with Crippen LogP contribution in [0.5, 0.6) is 11.5 Å². The number of benzene rings is 2. The first-order valence-corrected chi connectivity index (χ1v) is 6.35. The molecule has 0 aliphatic rings. The lowest BCUT2D eigenvalue weighted by Crippen LogP contribution is -1.97. The van der Waals surface area contributed by atoms with Crippen LogP contribution in [0.3, 0.4) is 0 Å². The summed E-state index contributed by atoms with van der Waals surface area (Å²) in [7, 11) is 0. The number of rotatable bonds is 5. The van der Waals surface area contributed by atoms with Gasteiger partial charge in [-0.15, -0.1) is 0 Å². The van der Waals surface area contributed by atoms with Crippen molar-refractivity contribution in [2.45, 2.75) is 19.6 Å². The van der Waals surface area contributed by atoms with Crippen LogP contribution in [-0.4, -0.2) is 15.1 Å². The van der Waals surface area contributed by atoms with Gasteiger partial charge in [-0.05, 0) is 36.2 Å². The molecule has 0 radical (unpaired) electrons. The lowest BCUT2D eigenvalue weighted by molar-refractivity contribution is -0.385. The average molecular weight is 289 g/mol. The van der Waals surface area contributed by atoms with Gasteiger partial charge in [0.05, 0.1) is 17.6 Å². The molecular formula is C15H15NO5. The number of aliphatic hydroxyl groups excluding tert-OH is 2. The number of nitrogens with zero attached hydrogens (tertiary/aromatic N) is 1. The molecule has 2 rings (SSSR count). The van der Waals surface area contributed by atoms with Crippen LogP contribution in [0, 0.1) is 10.1 Å². The van der Waals surface area contributed by atoms with Gasteiger partial charge in [0.1, 0.15) is 5.75 Å². The molecule has 21 heavy (non-hydrogen) atoms. The van der Waals surface area contributed by atoms with E-state index in [9.17, 15) is 15.2 Å². The first-order valence-electron chi connectivity index (χ1n) is 6.35. The van der Waals surface area contributed by atoms with Crippen LogP contribution in [0.25, 0.3) is 0 Å². The topological polar surface area (TPSA) is 92.8 Å². The van der Waals surface area contributed by atoms with Crippen molar-refractivity contribution in [3.8, 4) is 11.5 Å². The highest BCUT2D eigenvalue weighted by Gasteiger charge is 2.18. The SMILES string of the molecule is C[C@@H](O)c1ccc(Oc2cccc(CO)c2)c([N+](=O)[O-])c1. The first kappa shape index (κ1) is 15.0. The minimum Gasteiger partial charge on any atom is -0.450 e. The summed E-state index contributed by atoms with van der Waals surface area (Å²) >= 11 is 0. The van der Waals surface area contributed by atoms with Gasteiger partial charge in [-0.1, -0.05) is 18.2 Å². The van der Waals surface area contributed by atoms with Gasteiger partial charge >= 0.3 is 5.69 Å². The number of hydrogen-bond acceptors (Lipinski definition) is 5. The second-order valence-electron chi connectivity index (χ2n) is 4.57. The molecule has 0 saturated heterocycles. The van der Waals surface area contributed by atoms with Crippen LogP contribution in [-0.2, 0) is 6.61 Å². The molecule has 0 fully saturated rings. The van der Waals surface area contributed by atoms with Crippen molar-refractivity contribution in [3.05, 3.63) is 63.7 Å². The molecule has 2 aromatic rings. The molecule has 110 valence electrons.